The van der Waals surface area contributed by atoms with Crippen LogP contribution in [0.5, 0.6) is 0 Å². The highest BCUT2D eigenvalue weighted by Crippen LogP contribution is 2.25. The third kappa shape index (κ3) is 4.27. The van der Waals surface area contributed by atoms with Crippen LogP contribution in [0.25, 0.3) is 11.1 Å². The van der Waals surface area contributed by atoms with Crippen molar-refractivity contribution in [2.24, 2.45) is 0 Å². The van der Waals surface area contributed by atoms with Crippen LogP contribution in [0.2, 0.25) is 5.02 Å². The number of nitrogens with one attached hydrogen (secondary N) is 1. The van der Waals surface area contributed by atoms with Gasteiger partial charge >= 0.3 is 0 Å². The Hall–Kier alpha value is -2.72. The maximum absolute atomic E-state index is 13.5. The van der Waals surface area contributed by atoms with Crippen LogP contribution in [-0.4, -0.2) is 10.9 Å². The lowest BCUT2D eigenvalue weighted by Gasteiger charge is -2.13. The molecule has 0 saturated heterocycles. The maximum Gasteiger partial charge on any atom is 0.231 e. The molecular weight excluding hydrogens is 351 g/mol. The fourth-order valence-electron chi connectivity index (χ4n) is 2.70. The summed E-state index contributed by atoms with van der Waals surface area (Å²) in [6.07, 6.45) is 1.77. The van der Waals surface area contributed by atoms with E-state index in [0.717, 1.165) is 16.8 Å². The predicted octanol–water partition coefficient (Wildman–Crippen LogP) is 5.59. The van der Waals surface area contributed by atoms with Crippen LogP contribution in [0.4, 0.5) is 10.1 Å². The van der Waals surface area contributed by atoms with Gasteiger partial charge in [0.15, 0.2) is 0 Å². The number of aryl methyl sites for hydroxylation is 1. The lowest BCUT2D eigenvalue weighted by molar-refractivity contribution is -0.117. The molecule has 132 valence electrons. The molecule has 0 aliphatic rings. The van der Waals surface area contributed by atoms with Crippen LogP contribution < -0.4 is 5.32 Å². The van der Waals surface area contributed by atoms with Gasteiger partial charge in [0, 0.05) is 22.6 Å². The van der Waals surface area contributed by atoms with Crippen LogP contribution in [0.15, 0.2) is 60.8 Å². The number of hydrogen-bond acceptors (Lipinski definition) is 2. The molecule has 0 bridgehead atoms. The molecule has 3 nitrogen and oxygen atoms in total. The van der Waals surface area contributed by atoms with Gasteiger partial charge in [-0.15, -0.1) is 0 Å². The van der Waals surface area contributed by atoms with Crippen LogP contribution in [0.1, 0.15) is 24.1 Å². The highest BCUT2D eigenvalue weighted by molar-refractivity contribution is 6.30. The standard InChI is InChI=1S/C21H18ClFN2O/c1-13-9-16(7-8-24-13)15-3-5-20(6-4-15)25-21(26)14(2)17-10-18(22)12-19(23)11-17/h3-12,14H,1-2H3,(H,25,26)/t14-/m1/s1. The van der Waals surface area contributed by atoms with Crippen LogP contribution >= 0.6 is 11.6 Å². The number of benzene rings is 2. The first-order chi connectivity index (χ1) is 12.4. The first kappa shape index (κ1) is 18.1. The van der Waals surface area contributed by atoms with Gasteiger partial charge in [0.25, 0.3) is 0 Å². The number of rotatable bonds is 4. The number of aromatic nitrogens is 1. The summed E-state index contributed by atoms with van der Waals surface area (Å²) in [4.78, 5) is 16.6. The molecule has 3 aromatic rings. The van der Waals surface area contributed by atoms with E-state index >= 15 is 0 Å². The van der Waals surface area contributed by atoms with Crippen molar-refractivity contribution in [2.75, 3.05) is 5.32 Å². The average Bonchev–Trinajstić information content (AvgIpc) is 2.61. The topological polar surface area (TPSA) is 42.0 Å². The molecular formula is C21H18ClFN2O. The molecule has 1 aromatic heterocycles. The Morgan fingerprint density at radius 2 is 1.81 bits per heavy atom. The van der Waals surface area contributed by atoms with Crippen molar-refractivity contribution in [1.82, 2.24) is 4.98 Å². The maximum atomic E-state index is 13.5. The second-order valence-corrected chi connectivity index (χ2v) is 6.61. The van der Waals surface area contributed by atoms with Gasteiger partial charge in [0.2, 0.25) is 5.91 Å². The molecule has 0 spiro atoms. The number of nitrogens with zero attached hydrogens (tertiary/aromatic N) is 1. The van der Waals surface area contributed by atoms with E-state index in [9.17, 15) is 9.18 Å². The zero-order valence-corrected chi connectivity index (χ0v) is 15.2. The van der Waals surface area contributed by atoms with E-state index in [-0.39, 0.29) is 10.9 Å². The minimum absolute atomic E-state index is 0.223. The smallest absolute Gasteiger partial charge is 0.231 e. The van der Waals surface area contributed by atoms with E-state index in [0.29, 0.717) is 11.3 Å². The van der Waals surface area contributed by atoms with Crippen molar-refractivity contribution in [1.29, 1.82) is 0 Å². The fraction of sp³-hybridized carbons (Fsp3) is 0.143. The molecule has 0 aliphatic heterocycles. The number of carbonyl (C=O) groups is 1. The largest absolute Gasteiger partial charge is 0.326 e. The third-order valence-electron chi connectivity index (χ3n) is 4.16. The first-order valence-electron chi connectivity index (χ1n) is 8.22. The third-order valence-corrected chi connectivity index (χ3v) is 4.38. The SMILES string of the molecule is Cc1cc(-c2ccc(NC(=O)[C@H](C)c3cc(F)cc(Cl)c3)cc2)ccn1. The Morgan fingerprint density at radius 1 is 1.08 bits per heavy atom. The number of anilines is 1. The molecule has 0 saturated carbocycles. The van der Waals surface area contributed by atoms with E-state index in [2.05, 4.69) is 10.3 Å². The summed E-state index contributed by atoms with van der Waals surface area (Å²) < 4.78 is 13.5. The molecule has 1 N–H and O–H groups in total. The van der Waals surface area contributed by atoms with Crippen LogP contribution in [0, 0.1) is 12.7 Å². The quantitative estimate of drug-likeness (QED) is 0.652. The van der Waals surface area contributed by atoms with Crippen molar-refractivity contribution >= 4 is 23.2 Å². The van der Waals surface area contributed by atoms with E-state index < -0.39 is 11.7 Å². The number of amides is 1. The molecule has 26 heavy (non-hydrogen) atoms. The molecule has 1 atom stereocenters. The second kappa shape index (κ2) is 7.67. The van der Waals surface area contributed by atoms with Crippen LogP contribution in [-0.2, 0) is 4.79 Å². The minimum Gasteiger partial charge on any atom is -0.326 e. The summed E-state index contributed by atoms with van der Waals surface area (Å²) in [6.45, 7) is 3.66. The predicted molar refractivity (Wildman–Crippen MR) is 103 cm³/mol. The second-order valence-electron chi connectivity index (χ2n) is 6.18. The summed E-state index contributed by atoms with van der Waals surface area (Å²) in [5, 5.41) is 3.13. The van der Waals surface area contributed by atoms with Crippen LogP contribution in [0.3, 0.4) is 0 Å². The highest BCUT2D eigenvalue weighted by Gasteiger charge is 2.17. The monoisotopic (exact) mass is 368 g/mol. The van der Waals surface area contributed by atoms with E-state index in [4.69, 9.17) is 11.6 Å². The molecule has 0 unspecified atom stereocenters. The molecule has 2 aromatic carbocycles. The van der Waals surface area contributed by atoms with Gasteiger partial charge in [-0.25, -0.2) is 4.39 Å². The van der Waals surface area contributed by atoms with Crippen molar-refractivity contribution < 1.29 is 9.18 Å². The lowest BCUT2D eigenvalue weighted by Crippen LogP contribution is -2.19. The Labute approximate surface area is 156 Å². The Kier molecular flexibility index (Phi) is 5.33. The number of carbonyl (C=O) groups excluding carboxylic acids is 1. The molecule has 5 heteroatoms. The zero-order chi connectivity index (χ0) is 18.7. The van der Waals surface area contributed by atoms with Gasteiger partial charge in [0.05, 0.1) is 5.92 Å². The van der Waals surface area contributed by atoms with E-state index in [1.165, 1.54) is 12.1 Å². The number of pyridine rings is 1. The van der Waals surface area contributed by atoms with E-state index in [1.807, 2.05) is 43.3 Å². The van der Waals surface area contributed by atoms with Gasteiger partial charge in [0.1, 0.15) is 5.82 Å². The number of halogens is 2. The highest BCUT2D eigenvalue weighted by atomic mass is 35.5. The first-order valence-corrected chi connectivity index (χ1v) is 8.60. The molecule has 0 radical (unpaired) electrons. The summed E-state index contributed by atoms with van der Waals surface area (Å²) in [7, 11) is 0. The summed E-state index contributed by atoms with van der Waals surface area (Å²) in [5.41, 5.74) is 4.27. The summed E-state index contributed by atoms with van der Waals surface area (Å²) in [5.74, 6) is -1.20. The zero-order valence-electron chi connectivity index (χ0n) is 14.5. The molecule has 3 rings (SSSR count). The number of hydrogen-bond donors (Lipinski definition) is 1. The molecule has 0 aliphatic carbocycles. The molecule has 1 heterocycles. The summed E-state index contributed by atoms with van der Waals surface area (Å²) >= 11 is 5.87. The molecule has 0 fully saturated rings. The van der Waals surface area contributed by atoms with Crippen molar-refractivity contribution in [3.63, 3.8) is 0 Å². The van der Waals surface area contributed by atoms with Crippen molar-refractivity contribution in [2.45, 2.75) is 19.8 Å². The van der Waals surface area contributed by atoms with Gasteiger partial charge in [-0.2, -0.15) is 0 Å². The van der Waals surface area contributed by atoms with Crippen molar-refractivity contribution in [3.05, 3.63) is 82.9 Å². The Bertz CT molecular complexity index is 921. The fourth-order valence-corrected chi connectivity index (χ4v) is 2.93. The van der Waals surface area contributed by atoms with Gasteiger partial charge < -0.3 is 5.32 Å². The summed E-state index contributed by atoms with van der Waals surface area (Å²) in [6, 6.07) is 15.6. The van der Waals surface area contributed by atoms with Gasteiger partial charge in [-0.05, 0) is 73.0 Å². The van der Waals surface area contributed by atoms with Gasteiger partial charge in [-0.1, -0.05) is 23.7 Å². The van der Waals surface area contributed by atoms with Gasteiger partial charge in [-0.3, -0.25) is 9.78 Å². The van der Waals surface area contributed by atoms with E-state index in [1.54, 1.807) is 19.2 Å². The Balaban J connectivity index is 1.73. The Morgan fingerprint density at radius 3 is 2.46 bits per heavy atom. The minimum atomic E-state index is -0.522. The lowest BCUT2D eigenvalue weighted by atomic mass is 10.00. The van der Waals surface area contributed by atoms with Crippen molar-refractivity contribution in [3.8, 4) is 11.1 Å². The average molecular weight is 369 g/mol. The normalized spacial score (nSPS) is 11.8. The molecule has 1 amide bonds.